The molecule has 0 unspecified atom stereocenters. The topological polar surface area (TPSA) is 55.3 Å². The zero-order valence-corrected chi connectivity index (χ0v) is 13.3. The third-order valence-electron chi connectivity index (χ3n) is 2.86. The SMILES string of the molecule is COC(=O)N(c1ccc(SC)cc1)c1nc(C)cc(C)n1. The lowest BCUT2D eigenvalue weighted by molar-refractivity contribution is 0.181. The van der Waals surface area contributed by atoms with Crippen LogP contribution in [0.5, 0.6) is 0 Å². The minimum atomic E-state index is -0.517. The maximum atomic E-state index is 12.1. The van der Waals surface area contributed by atoms with Crippen molar-refractivity contribution in [3.05, 3.63) is 41.7 Å². The summed E-state index contributed by atoms with van der Waals surface area (Å²) >= 11 is 1.64. The first-order chi connectivity index (χ1) is 10.0. The normalized spacial score (nSPS) is 10.3. The minimum Gasteiger partial charge on any atom is -0.452 e. The number of thioether (sulfide) groups is 1. The molecule has 1 aromatic heterocycles. The minimum absolute atomic E-state index is 0.316. The van der Waals surface area contributed by atoms with Gasteiger partial charge in [0.25, 0.3) is 0 Å². The molecule has 21 heavy (non-hydrogen) atoms. The van der Waals surface area contributed by atoms with Crippen LogP contribution in [0.1, 0.15) is 11.4 Å². The number of carbonyl (C=O) groups excluding carboxylic acids is 1. The zero-order valence-electron chi connectivity index (χ0n) is 12.5. The second-order valence-corrected chi connectivity index (χ2v) is 5.33. The molecule has 5 nitrogen and oxygen atoms in total. The van der Waals surface area contributed by atoms with Crippen LogP contribution in [-0.4, -0.2) is 29.4 Å². The Morgan fingerprint density at radius 3 is 2.19 bits per heavy atom. The molecule has 0 saturated carbocycles. The van der Waals surface area contributed by atoms with E-state index in [0.717, 1.165) is 16.3 Å². The van der Waals surface area contributed by atoms with Gasteiger partial charge in [0.2, 0.25) is 5.95 Å². The lowest BCUT2D eigenvalue weighted by Crippen LogP contribution is -2.27. The molecule has 0 radical (unpaired) electrons. The number of aryl methyl sites for hydroxylation is 2. The lowest BCUT2D eigenvalue weighted by atomic mass is 10.3. The van der Waals surface area contributed by atoms with Crippen molar-refractivity contribution < 1.29 is 9.53 Å². The third-order valence-corrected chi connectivity index (χ3v) is 3.60. The van der Waals surface area contributed by atoms with Gasteiger partial charge in [-0.1, -0.05) is 0 Å². The Hall–Kier alpha value is -2.08. The maximum Gasteiger partial charge on any atom is 0.421 e. The van der Waals surface area contributed by atoms with Crippen LogP contribution in [0.4, 0.5) is 16.4 Å². The van der Waals surface area contributed by atoms with Gasteiger partial charge in [0.05, 0.1) is 12.8 Å². The van der Waals surface area contributed by atoms with Crippen molar-refractivity contribution in [3.63, 3.8) is 0 Å². The van der Waals surface area contributed by atoms with Crippen molar-refractivity contribution in [2.75, 3.05) is 18.3 Å². The van der Waals surface area contributed by atoms with Gasteiger partial charge in [-0.15, -0.1) is 11.8 Å². The number of carbonyl (C=O) groups is 1. The second kappa shape index (κ2) is 6.58. The quantitative estimate of drug-likeness (QED) is 0.809. The number of hydrogen-bond donors (Lipinski definition) is 0. The first-order valence-corrected chi connectivity index (χ1v) is 7.62. The molecule has 0 N–H and O–H groups in total. The number of rotatable bonds is 3. The van der Waals surface area contributed by atoms with E-state index >= 15 is 0 Å². The number of amides is 1. The van der Waals surface area contributed by atoms with E-state index in [2.05, 4.69) is 9.97 Å². The smallest absolute Gasteiger partial charge is 0.421 e. The number of aromatic nitrogens is 2. The molecule has 0 bridgehead atoms. The van der Waals surface area contributed by atoms with E-state index in [1.54, 1.807) is 11.8 Å². The van der Waals surface area contributed by atoms with Crippen LogP contribution in [-0.2, 0) is 4.74 Å². The number of benzene rings is 1. The fourth-order valence-corrected chi connectivity index (χ4v) is 2.34. The van der Waals surface area contributed by atoms with Crippen LogP contribution < -0.4 is 4.90 Å². The van der Waals surface area contributed by atoms with Gasteiger partial charge in [0.15, 0.2) is 0 Å². The summed E-state index contributed by atoms with van der Waals surface area (Å²) < 4.78 is 4.86. The molecule has 0 aliphatic rings. The molecule has 0 aliphatic carbocycles. The molecule has 1 aromatic carbocycles. The van der Waals surface area contributed by atoms with E-state index in [0.29, 0.717) is 11.6 Å². The van der Waals surface area contributed by atoms with Gasteiger partial charge in [0.1, 0.15) is 0 Å². The highest BCUT2D eigenvalue weighted by Crippen LogP contribution is 2.26. The van der Waals surface area contributed by atoms with Crippen molar-refractivity contribution in [1.82, 2.24) is 9.97 Å². The number of nitrogens with zero attached hydrogens (tertiary/aromatic N) is 3. The van der Waals surface area contributed by atoms with Crippen LogP contribution in [0.15, 0.2) is 35.2 Å². The number of methoxy groups -OCH3 is 1. The summed E-state index contributed by atoms with van der Waals surface area (Å²) in [6, 6.07) is 9.44. The predicted octanol–water partition coefficient (Wildman–Crippen LogP) is 3.72. The highest BCUT2D eigenvalue weighted by atomic mass is 32.2. The molecular weight excluding hydrogens is 286 g/mol. The molecular formula is C15H17N3O2S. The van der Waals surface area contributed by atoms with Gasteiger partial charge < -0.3 is 4.74 Å². The molecule has 0 saturated heterocycles. The van der Waals surface area contributed by atoms with Crippen LogP contribution >= 0.6 is 11.8 Å². The molecule has 0 atom stereocenters. The Bertz CT molecular complexity index is 624. The number of hydrogen-bond acceptors (Lipinski definition) is 5. The third kappa shape index (κ3) is 3.52. The average Bonchev–Trinajstić information content (AvgIpc) is 2.47. The molecule has 0 fully saturated rings. The summed E-state index contributed by atoms with van der Waals surface area (Å²) in [4.78, 5) is 23.3. The van der Waals surface area contributed by atoms with E-state index in [1.165, 1.54) is 12.0 Å². The Morgan fingerprint density at radius 2 is 1.71 bits per heavy atom. The largest absolute Gasteiger partial charge is 0.452 e. The average molecular weight is 303 g/mol. The van der Waals surface area contributed by atoms with Gasteiger partial charge in [-0.3, -0.25) is 0 Å². The predicted molar refractivity (Wildman–Crippen MR) is 84.3 cm³/mol. The van der Waals surface area contributed by atoms with Crippen molar-refractivity contribution in [2.24, 2.45) is 0 Å². The van der Waals surface area contributed by atoms with Crippen molar-refractivity contribution >= 4 is 29.5 Å². The first-order valence-electron chi connectivity index (χ1n) is 6.39. The highest BCUT2D eigenvalue weighted by Gasteiger charge is 2.21. The molecule has 0 spiro atoms. The van der Waals surface area contributed by atoms with E-state index in [9.17, 15) is 4.79 Å². The van der Waals surface area contributed by atoms with Crippen LogP contribution in [0, 0.1) is 13.8 Å². The van der Waals surface area contributed by atoms with Crippen molar-refractivity contribution in [2.45, 2.75) is 18.7 Å². The molecule has 1 heterocycles. The van der Waals surface area contributed by atoms with Crippen molar-refractivity contribution in [3.8, 4) is 0 Å². The summed E-state index contributed by atoms with van der Waals surface area (Å²) in [5, 5.41) is 0. The Labute approximate surface area is 128 Å². The summed E-state index contributed by atoms with van der Waals surface area (Å²) in [5.74, 6) is 0.316. The van der Waals surface area contributed by atoms with Gasteiger partial charge >= 0.3 is 6.09 Å². The van der Waals surface area contributed by atoms with Gasteiger partial charge in [-0.2, -0.15) is 0 Å². The lowest BCUT2D eigenvalue weighted by Gasteiger charge is -2.20. The molecule has 6 heteroatoms. The van der Waals surface area contributed by atoms with Gasteiger partial charge in [-0.25, -0.2) is 19.7 Å². The molecule has 2 aromatic rings. The fourth-order valence-electron chi connectivity index (χ4n) is 1.93. The van der Waals surface area contributed by atoms with Crippen LogP contribution in [0.3, 0.4) is 0 Å². The summed E-state index contributed by atoms with van der Waals surface area (Å²) in [6.45, 7) is 3.73. The summed E-state index contributed by atoms with van der Waals surface area (Å²) in [5.41, 5.74) is 2.27. The second-order valence-electron chi connectivity index (χ2n) is 4.45. The maximum absolute atomic E-state index is 12.1. The zero-order chi connectivity index (χ0) is 15.4. The van der Waals surface area contributed by atoms with E-state index in [1.807, 2.05) is 50.4 Å². The first kappa shape index (κ1) is 15.3. The summed E-state index contributed by atoms with van der Waals surface area (Å²) in [6.07, 6.45) is 1.48. The number of ether oxygens (including phenoxy) is 1. The Kier molecular flexibility index (Phi) is 4.80. The summed E-state index contributed by atoms with van der Waals surface area (Å²) in [7, 11) is 1.34. The standard InChI is InChI=1S/C15H17N3O2S/c1-10-9-11(2)17-14(16-10)18(15(19)20-3)12-5-7-13(21-4)8-6-12/h5-9H,1-4H3. The van der Waals surface area contributed by atoms with Gasteiger partial charge in [0, 0.05) is 16.3 Å². The fraction of sp³-hybridized carbons (Fsp3) is 0.267. The van der Waals surface area contributed by atoms with Crippen LogP contribution in [0.25, 0.3) is 0 Å². The molecule has 0 aliphatic heterocycles. The molecule has 2 rings (SSSR count). The Balaban J connectivity index is 2.49. The highest BCUT2D eigenvalue weighted by molar-refractivity contribution is 7.98. The number of anilines is 2. The molecule has 110 valence electrons. The molecule has 1 amide bonds. The van der Waals surface area contributed by atoms with Crippen LogP contribution in [0.2, 0.25) is 0 Å². The van der Waals surface area contributed by atoms with E-state index < -0.39 is 6.09 Å². The Morgan fingerprint density at radius 1 is 1.14 bits per heavy atom. The monoisotopic (exact) mass is 303 g/mol. The van der Waals surface area contributed by atoms with E-state index in [-0.39, 0.29) is 0 Å². The van der Waals surface area contributed by atoms with E-state index in [4.69, 9.17) is 4.74 Å². The van der Waals surface area contributed by atoms with Crippen molar-refractivity contribution in [1.29, 1.82) is 0 Å². The van der Waals surface area contributed by atoms with Gasteiger partial charge in [-0.05, 0) is 50.4 Å².